The normalized spacial score (nSPS) is 17.7. The summed E-state index contributed by atoms with van der Waals surface area (Å²) in [7, 11) is -0.718. The molecule has 1 amide bonds. The van der Waals surface area contributed by atoms with Crippen molar-refractivity contribution >= 4 is 27.6 Å². The largest absolute Gasteiger partial charge is 0.385 e. The Morgan fingerprint density at radius 1 is 1.30 bits per heavy atom. The van der Waals surface area contributed by atoms with Gasteiger partial charge in [-0.05, 0) is 56.9 Å². The SMILES string of the molecule is COCCCN(C)c1cccc(S(=O)(=O)NC(=O)c2cccnc2N2CCC(C)C2(C)C)n1. The Bertz CT molecular complexity index is 1090. The van der Waals surface area contributed by atoms with Crippen LogP contribution in [0.4, 0.5) is 11.6 Å². The van der Waals surface area contributed by atoms with Gasteiger partial charge in [-0.3, -0.25) is 4.79 Å². The lowest BCUT2D eigenvalue weighted by Crippen LogP contribution is -2.43. The lowest BCUT2D eigenvalue weighted by atomic mass is 9.90. The van der Waals surface area contributed by atoms with Crippen LogP contribution in [0.3, 0.4) is 0 Å². The standard InChI is InChI=1S/C23H33N5O4S/c1-17-12-15-28(23(17,2)3)21-18(9-7-13-24-21)22(29)26-33(30,31)20-11-6-10-19(25-20)27(4)14-8-16-32-5/h6-7,9-11,13,17H,8,12,14-16H2,1-5H3,(H,26,29). The second-order valence-corrected chi connectivity index (χ2v) is 10.5. The number of methoxy groups -OCH3 is 1. The highest BCUT2D eigenvalue weighted by molar-refractivity contribution is 7.90. The Hall–Kier alpha value is -2.72. The van der Waals surface area contributed by atoms with Gasteiger partial charge in [0.1, 0.15) is 11.6 Å². The highest BCUT2D eigenvalue weighted by Gasteiger charge is 2.40. The number of amides is 1. The smallest absolute Gasteiger partial charge is 0.281 e. The van der Waals surface area contributed by atoms with Crippen molar-refractivity contribution in [1.29, 1.82) is 0 Å². The predicted molar refractivity (Wildman–Crippen MR) is 128 cm³/mol. The Balaban J connectivity index is 1.82. The molecule has 1 saturated heterocycles. The first-order chi connectivity index (χ1) is 15.6. The van der Waals surface area contributed by atoms with E-state index in [1.165, 1.54) is 6.07 Å². The lowest BCUT2D eigenvalue weighted by molar-refractivity contribution is 0.0981. The number of rotatable bonds is 9. The number of hydrogen-bond donors (Lipinski definition) is 1. The molecular weight excluding hydrogens is 442 g/mol. The molecule has 1 fully saturated rings. The molecule has 0 spiro atoms. The Kier molecular flexibility index (Phi) is 7.58. The zero-order valence-electron chi connectivity index (χ0n) is 19.9. The summed E-state index contributed by atoms with van der Waals surface area (Å²) in [6, 6.07) is 7.93. The summed E-state index contributed by atoms with van der Waals surface area (Å²) in [5.74, 6) is 0.663. The number of ether oxygens (including phenoxy) is 1. The minimum Gasteiger partial charge on any atom is -0.385 e. The van der Waals surface area contributed by atoms with E-state index in [2.05, 4.69) is 40.4 Å². The van der Waals surface area contributed by atoms with Crippen LogP contribution in [0.15, 0.2) is 41.6 Å². The number of aromatic nitrogens is 2. The molecule has 3 heterocycles. The fourth-order valence-electron chi connectivity index (χ4n) is 3.95. The van der Waals surface area contributed by atoms with Gasteiger partial charge >= 0.3 is 0 Å². The van der Waals surface area contributed by atoms with E-state index in [0.29, 0.717) is 30.7 Å². The maximum Gasteiger partial charge on any atom is 0.281 e. The summed E-state index contributed by atoms with van der Waals surface area (Å²) in [6.45, 7) is 8.38. The van der Waals surface area contributed by atoms with Gasteiger partial charge in [0.25, 0.3) is 15.9 Å². The van der Waals surface area contributed by atoms with Crippen LogP contribution in [0.1, 0.15) is 44.0 Å². The van der Waals surface area contributed by atoms with Gasteiger partial charge in [0.05, 0.1) is 5.56 Å². The van der Waals surface area contributed by atoms with E-state index in [-0.39, 0.29) is 16.1 Å². The highest BCUT2D eigenvalue weighted by atomic mass is 32.2. The Morgan fingerprint density at radius 2 is 2.06 bits per heavy atom. The maximum atomic E-state index is 13.1. The summed E-state index contributed by atoms with van der Waals surface area (Å²) in [4.78, 5) is 25.7. The first kappa shape index (κ1) is 24.9. The van der Waals surface area contributed by atoms with Gasteiger partial charge in [0, 0.05) is 45.6 Å². The van der Waals surface area contributed by atoms with Gasteiger partial charge in [-0.2, -0.15) is 8.42 Å². The average Bonchev–Trinajstić information content (AvgIpc) is 3.05. The molecule has 0 saturated carbocycles. The third kappa shape index (κ3) is 5.44. The number of carbonyl (C=O) groups excluding carboxylic acids is 1. The van der Waals surface area contributed by atoms with Crippen molar-refractivity contribution < 1.29 is 17.9 Å². The molecule has 9 nitrogen and oxygen atoms in total. The van der Waals surface area contributed by atoms with E-state index in [1.54, 1.807) is 37.6 Å². The molecule has 33 heavy (non-hydrogen) atoms. The van der Waals surface area contributed by atoms with Crippen LogP contribution in [-0.2, 0) is 14.8 Å². The van der Waals surface area contributed by atoms with E-state index in [9.17, 15) is 13.2 Å². The number of sulfonamides is 1. The quantitative estimate of drug-likeness (QED) is 0.552. The number of pyridine rings is 2. The first-order valence-electron chi connectivity index (χ1n) is 11.0. The van der Waals surface area contributed by atoms with Crippen LogP contribution in [0, 0.1) is 5.92 Å². The topological polar surface area (TPSA) is 105 Å². The molecule has 2 aromatic rings. The second kappa shape index (κ2) is 10.0. The van der Waals surface area contributed by atoms with E-state index >= 15 is 0 Å². The molecule has 2 aromatic heterocycles. The summed E-state index contributed by atoms with van der Waals surface area (Å²) >= 11 is 0. The van der Waals surface area contributed by atoms with Gasteiger partial charge in [-0.25, -0.2) is 14.7 Å². The van der Waals surface area contributed by atoms with E-state index in [0.717, 1.165) is 19.4 Å². The van der Waals surface area contributed by atoms with Gasteiger partial charge < -0.3 is 14.5 Å². The van der Waals surface area contributed by atoms with Crippen LogP contribution < -0.4 is 14.5 Å². The van der Waals surface area contributed by atoms with Gasteiger partial charge in [-0.15, -0.1) is 0 Å². The van der Waals surface area contributed by atoms with Crippen molar-refractivity contribution in [3.63, 3.8) is 0 Å². The first-order valence-corrected chi connectivity index (χ1v) is 12.5. The number of anilines is 2. The Morgan fingerprint density at radius 3 is 2.73 bits per heavy atom. The number of nitrogens with zero attached hydrogens (tertiary/aromatic N) is 4. The van der Waals surface area contributed by atoms with Crippen molar-refractivity contribution in [1.82, 2.24) is 14.7 Å². The second-order valence-electron chi connectivity index (χ2n) is 8.91. The molecule has 0 bridgehead atoms. The molecule has 180 valence electrons. The zero-order chi connectivity index (χ0) is 24.2. The van der Waals surface area contributed by atoms with E-state index in [4.69, 9.17) is 4.74 Å². The van der Waals surface area contributed by atoms with Crippen LogP contribution in [0.25, 0.3) is 0 Å². The molecule has 0 radical (unpaired) electrons. The molecule has 1 unspecified atom stereocenters. The van der Waals surface area contributed by atoms with Crippen molar-refractivity contribution in [2.24, 2.45) is 5.92 Å². The van der Waals surface area contributed by atoms with Crippen LogP contribution in [0.2, 0.25) is 0 Å². The van der Waals surface area contributed by atoms with Crippen LogP contribution in [0.5, 0.6) is 0 Å². The molecule has 3 rings (SSSR count). The molecule has 10 heteroatoms. The van der Waals surface area contributed by atoms with Crippen LogP contribution >= 0.6 is 0 Å². The third-order valence-corrected chi connectivity index (χ3v) is 7.65. The molecule has 1 aliphatic rings. The fraction of sp³-hybridized carbons (Fsp3) is 0.522. The van der Waals surface area contributed by atoms with Crippen molar-refractivity contribution in [2.45, 2.75) is 44.2 Å². The minimum absolute atomic E-state index is 0.203. The van der Waals surface area contributed by atoms with Gasteiger partial charge in [-0.1, -0.05) is 13.0 Å². The fourth-order valence-corrected chi connectivity index (χ4v) is 4.88. The summed E-state index contributed by atoms with van der Waals surface area (Å²) in [5, 5.41) is -0.215. The highest BCUT2D eigenvalue weighted by Crippen LogP contribution is 2.38. The van der Waals surface area contributed by atoms with Gasteiger partial charge in [0.15, 0.2) is 5.03 Å². The molecule has 0 aromatic carbocycles. The van der Waals surface area contributed by atoms with E-state index in [1.807, 2.05) is 11.9 Å². The number of hydrogen-bond acceptors (Lipinski definition) is 8. The number of carbonyl (C=O) groups is 1. The molecule has 1 N–H and O–H groups in total. The monoisotopic (exact) mass is 475 g/mol. The number of nitrogens with one attached hydrogen (secondary N) is 1. The van der Waals surface area contributed by atoms with Crippen LogP contribution in [-0.4, -0.2) is 63.7 Å². The van der Waals surface area contributed by atoms with Gasteiger partial charge in [0.2, 0.25) is 0 Å². The van der Waals surface area contributed by atoms with Crippen molar-refractivity contribution in [3.8, 4) is 0 Å². The van der Waals surface area contributed by atoms with Crippen molar-refractivity contribution in [2.75, 3.05) is 43.7 Å². The summed E-state index contributed by atoms with van der Waals surface area (Å²) in [6.07, 6.45) is 3.36. The summed E-state index contributed by atoms with van der Waals surface area (Å²) in [5.41, 5.74) is 0.0158. The van der Waals surface area contributed by atoms with Crippen molar-refractivity contribution in [3.05, 3.63) is 42.1 Å². The predicted octanol–water partition coefficient (Wildman–Crippen LogP) is 2.69. The third-order valence-electron chi connectivity index (χ3n) is 6.42. The maximum absolute atomic E-state index is 13.1. The Labute approximate surface area is 196 Å². The molecule has 1 atom stereocenters. The average molecular weight is 476 g/mol. The van der Waals surface area contributed by atoms with E-state index < -0.39 is 15.9 Å². The molecule has 0 aliphatic carbocycles. The summed E-state index contributed by atoms with van der Waals surface area (Å²) < 4.78 is 33.2. The molecular formula is C23H33N5O4S. The lowest BCUT2D eigenvalue weighted by Gasteiger charge is -2.36. The minimum atomic E-state index is -4.18. The zero-order valence-corrected chi connectivity index (χ0v) is 20.7. The molecule has 1 aliphatic heterocycles.